The highest BCUT2D eigenvalue weighted by Gasteiger charge is 2.25. The Kier molecular flexibility index (Phi) is 2.51. The van der Waals surface area contributed by atoms with E-state index >= 15 is 0 Å². The van der Waals surface area contributed by atoms with E-state index in [1.165, 1.54) is 6.07 Å². The zero-order chi connectivity index (χ0) is 10.9. The van der Waals surface area contributed by atoms with Crippen molar-refractivity contribution in [2.24, 2.45) is 0 Å². The molecule has 1 aromatic heterocycles. The zero-order valence-electron chi connectivity index (χ0n) is 8.63. The Balaban J connectivity index is 3.50. The summed E-state index contributed by atoms with van der Waals surface area (Å²) in [6.07, 6.45) is 1.61. The number of hydrogen-bond donors (Lipinski definition) is 1. The molecule has 3 heteroatoms. The highest BCUT2D eigenvalue weighted by Crippen LogP contribution is 2.29. The molecule has 1 heterocycles. The molecule has 0 bridgehead atoms. The van der Waals surface area contributed by atoms with Crippen molar-refractivity contribution >= 4 is 0 Å². The normalized spacial score (nSPS) is 11.4. The van der Waals surface area contributed by atoms with E-state index in [1.807, 2.05) is 0 Å². The van der Waals surface area contributed by atoms with Crippen LogP contribution in [0.2, 0.25) is 0 Å². The molecular formula is C11H14O3. The lowest BCUT2D eigenvalue weighted by atomic mass is 9.85. The molecule has 14 heavy (non-hydrogen) atoms. The summed E-state index contributed by atoms with van der Waals surface area (Å²) in [5.41, 5.74) is -0.844. The molecule has 0 spiro atoms. The van der Waals surface area contributed by atoms with Gasteiger partial charge in [-0.25, -0.2) is 4.79 Å². The first-order valence-electron chi connectivity index (χ1n) is 4.36. The topological polar surface area (TPSA) is 50.4 Å². The third-order valence-electron chi connectivity index (χ3n) is 2.21. The van der Waals surface area contributed by atoms with Crippen LogP contribution >= 0.6 is 0 Å². The maximum Gasteiger partial charge on any atom is 0.343 e. The molecule has 0 amide bonds. The summed E-state index contributed by atoms with van der Waals surface area (Å²) >= 11 is 0. The van der Waals surface area contributed by atoms with Crippen LogP contribution in [0.4, 0.5) is 0 Å². The Bertz CT molecular complexity index is 413. The van der Waals surface area contributed by atoms with Gasteiger partial charge in [0, 0.05) is 11.5 Å². The van der Waals surface area contributed by atoms with Crippen LogP contribution in [0.25, 0.3) is 0 Å². The van der Waals surface area contributed by atoms with E-state index in [-0.39, 0.29) is 11.3 Å². The fraction of sp³-hybridized carbons (Fsp3) is 0.364. The van der Waals surface area contributed by atoms with Crippen LogP contribution in [-0.4, -0.2) is 5.11 Å². The molecule has 0 aliphatic heterocycles. The Hall–Kier alpha value is -1.51. The van der Waals surface area contributed by atoms with Crippen LogP contribution in [0.5, 0.6) is 5.75 Å². The standard InChI is InChI=1S/C11H14O3/c1-5-11(3,4)9-8(12)6-7(2)14-10(9)13/h5-6,12H,1H2,2-4H3. The molecular weight excluding hydrogens is 180 g/mol. The first kappa shape index (κ1) is 10.6. The smallest absolute Gasteiger partial charge is 0.343 e. The van der Waals surface area contributed by atoms with Gasteiger partial charge >= 0.3 is 5.63 Å². The monoisotopic (exact) mass is 194 g/mol. The summed E-state index contributed by atoms with van der Waals surface area (Å²) in [5, 5.41) is 9.63. The van der Waals surface area contributed by atoms with Crippen LogP contribution in [-0.2, 0) is 5.41 Å². The average Bonchev–Trinajstić information content (AvgIpc) is 2.01. The van der Waals surface area contributed by atoms with Crippen LogP contribution in [0.15, 0.2) is 27.9 Å². The van der Waals surface area contributed by atoms with E-state index in [0.29, 0.717) is 5.76 Å². The van der Waals surface area contributed by atoms with Crippen LogP contribution in [0, 0.1) is 6.92 Å². The second kappa shape index (κ2) is 3.33. The van der Waals surface area contributed by atoms with Crippen molar-refractivity contribution in [1.82, 2.24) is 0 Å². The number of hydrogen-bond acceptors (Lipinski definition) is 3. The Labute approximate surface area is 82.7 Å². The van der Waals surface area contributed by atoms with E-state index < -0.39 is 11.0 Å². The van der Waals surface area contributed by atoms with Crippen molar-refractivity contribution < 1.29 is 9.52 Å². The third kappa shape index (κ3) is 1.71. The maximum atomic E-state index is 11.5. The molecule has 0 aliphatic carbocycles. The van der Waals surface area contributed by atoms with Crippen LogP contribution in [0.3, 0.4) is 0 Å². The summed E-state index contributed by atoms with van der Waals surface area (Å²) in [5.74, 6) is 0.361. The van der Waals surface area contributed by atoms with Crippen molar-refractivity contribution in [3.8, 4) is 5.75 Å². The molecule has 1 aromatic rings. The molecule has 0 aliphatic rings. The van der Waals surface area contributed by atoms with Crippen molar-refractivity contribution in [2.45, 2.75) is 26.2 Å². The van der Waals surface area contributed by atoms with Gasteiger partial charge in [0.15, 0.2) is 0 Å². The lowest BCUT2D eigenvalue weighted by molar-refractivity contribution is 0.405. The fourth-order valence-electron chi connectivity index (χ4n) is 1.29. The quantitative estimate of drug-likeness (QED) is 0.733. The van der Waals surface area contributed by atoms with Crippen molar-refractivity contribution in [2.75, 3.05) is 0 Å². The van der Waals surface area contributed by atoms with Crippen molar-refractivity contribution in [1.29, 1.82) is 0 Å². The van der Waals surface area contributed by atoms with Gasteiger partial charge in [0.1, 0.15) is 11.5 Å². The second-order valence-corrected chi connectivity index (χ2v) is 3.83. The lowest BCUT2D eigenvalue weighted by Crippen LogP contribution is -2.23. The Morgan fingerprint density at radius 1 is 1.57 bits per heavy atom. The molecule has 0 saturated heterocycles. The molecule has 0 aromatic carbocycles. The molecule has 76 valence electrons. The van der Waals surface area contributed by atoms with Crippen molar-refractivity contribution in [3.05, 3.63) is 40.5 Å². The largest absolute Gasteiger partial charge is 0.507 e. The van der Waals surface area contributed by atoms with Gasteiger partial charge in [-0.1, -0.05) is 19.9 Å². The summed E-state index contributed by atoms with van der Waals surface area (Å²) in [6, 6.07) is 1.43. The van der Waals surface area contributed by atoms with E-state index in [1.54, 1.807) is 26.8 Å². The summed E-state index contributed by atoms with van der Waals surface area (Å²) in [6.45, 7) is 8.82. The van der Waals surface area contributed by atoms with Gasteiger partial charge < -0.3 is 9.52 Å². The zero-order valence-corrected chi connectivity index (χ0v) is 8.63. The average molecular weight is 194 g/mol. The minimum atomic E-state index is -0.585. The van der Waals surface area contributed by atoms with E-state index in [2.05, 4.69) is 6.58 Å². The predicted molar refractivity (Wildman–Crippen MR) is 54.6 cm³/mol. The number of rotatable bonds is 2. The van der Waals surface area contributed by atoms with E-state index in [4.69, 9.17) is 4.42 Å². The molecule has 0 unspecified atom stereocenters. The molecule has 0 saturated carbocycles. The molecule has 0 radical (unpaired) electrons. The molecule has 1 rings (SSSR count). The maximum absolute atomic E-state index is 11.5. The van der Waals surface area contributed by atoms with Gasteiger partial charge in [0.2, 0.25) is 0 Å². The van der Waals surface area contributed by atoms with Gasteiger partial charge in [-0.3, -0.25) is 0 Å². The SMILES string of the molecule is C=CC(C)(C)c1c(O)cc(C)oc1=O. The van der Waals surface area contributed by atoms with Gasteiger partial charge in [0.05, 0.1) is 5.56 Å². The molecule has 0 atom stereocenters. The van der Waals surface area contributed by atoms with Crippen molar-refractivity contribution in [3.63, 3.8) is 0 Å². The summed E-state index contributed by atoms with van der Waals surface area (Å²) < 4.78 is 4.91. The highest BCUT2D eigenvalue weighted by atomic mass is 16.4. The first-order valence-corrected chi connectivity index (χ1v) is 4.36. The first-order chi connectivity index (χ1) is 6.38. The van der Waals surface area contributed by atoms with E-state index in [9.17, 15) is 9.90 Å². The summed E-state index contributed by atoms with van der Waals surface area (Å²) in [4.78, 5) is 11.5. The van der Waals surface area contributed by atoms with Gasteiger partial charge in [-0.2, -0.15) is 0 Å². The number of aromatic hydroxyl groups is 1. The summed E-state index contributed by atoms with van der Waals surface area (Å²) in [7, 11) is 0. The van der Waals surface area contributed by atoms with E-state index in [0.717, 1.165) is 0 Å². The number of allylic oxidation sites excluding steroid dienone is 1. The molecule has 1 N–H and O–H groups in total. The van der Waals surface area contributed by atoms with Crippen LogP contribution in [0.1, 0.15) is 25.2 Å². The number of aryl methyl sites for hydroxylation is 1. The third-order valence-corrected chi connectivity index (χ3v) is 2.21. The van der Waals surface area contributed by atoms with Gasteiger partial charge in [-0.05, 0) is 6.92 Å². The predicted octanol–water partition coefficient (Wildman–Crippen LogP) is 2.12. The van der Waals surface area contributed by atoms with Crippen LogP contribution < -0.4 is 5.63 Å². The molecule has 3 nitrogen and oxygen atoms in total. The second-order valence-electron chi connectivity index (χ2n) is 3.83. The molecule has 0 fully saturated rings. The highest BCUT2D eigenvalue weighted by molar-refractivity contribution is 5.38. The van der Waals surface area contributed by atoms with Gasteiger partial charge in [-0.15, -0.1) is 6.58 Å². The van der Waals surface area contributed by atoms with Gasteiger partial charge in [0.25, 0.3) is 0 Å². The minimum Gasteiger partial charge on any atom is -0.507 e. The Morgan fingerprint density at radius 2 is 2.14 bits per heavy atom. The fourth-order valence-corrected chi connectivity index (χ4v) is 1.29. The Morgan fingerprint density at radius 3 is 2.57 bits per heavy atom. The minimum absolute atomic E-state index is 0.0383. The lowest BCUT2D eigenvalue weighted by Gasteiger charge is -2.19.